The molecule has 0 fully saturated rings. The van der Waals surface area contributed by atoms with Gasteiger partial charge in [0.15, 0.2) is 0 Å². The van der Waals surface area contributed by atoms with Crippen LogP contribution in [-0.2, 0) is 0 Å². The number of aromatic nitrogens is 1. The number of hydrogen-bond acceptors (Lipinski definition) is 1. The third-order valence-electron chi connectivity index (χ3n) is 4.73. The average molecular weight is 248 g/mol. The maximum absolute atomic E-state index is 3.41. The second-order valence-electron chi connectivity index (χ2n) is 5.52. The van der Waals surface area contributed by atoms with Crippen molar-refractivity contribution in [2.24, 2.45) is 5.92 Å². The molecule has 4 N–H and O–H groups in total. The Morgan fingerprint density at radius 2 is 1.89 bits per heavy atom. The van der Waals surface area contributed by atoms with E-state index in [0.29, 0.717) is 11.8 Å². The Morgan fingerprint density at radius 3 is 2.74 bits per heavy atom. The van der Waals surface area contributed by atoms with Crippen molar-refractivity contribution in [2.75, 3.05) is 0 Å². The number of benzene rings is 1. The first-order valence-corrected chi connectivity index (χ1v) is 6.61. The van der Waals surface area contributed by atoms with Gasteiger partial charge >= 0.3 is 0 Å². The van der Waals surface area contributed by atoms with Crippen LogP contribution in [0.15, 0.2) is 65.4 Å². The lowest BCUT2D eigenvalue weighted by molar-refractivity contribution is 0.657. The maximum atomic E-state index is 3.41. The molecule has 0 aliphatic heterocycles. The van der Waals surface area contributed by atoms with Crippen LogP contribution in [0.5, 0.6) is 0 Å². The Morgan fingerprint density at radius 1 is 1.00 bits per heavy atom. The van der Waals surface area contributed by atoms with Crippen LogP contribution in [-0.4, -0.2) is 4.98 Å². The molecule has 5 rings (SSSR count). The summed E-state index contributed by atoms with van der Waals surface area (Å²) in [6.45, 7) is 0. The average Bonchev–Trinajstić information content (AvgIpc) is 3.15. The molecule has 1 aromatic heterocycles. The second-order valence-corrected chi connectivity index (χ2v) is 5.52. The maximum Gasteiger partial charge on any atom is 0.0457 e. The van der Waals surface area contributed by atoms with E-state index in [1.807, 2.05) is 0 Å². The highest BCUT2D eigenvalue weighted by Gasteiger charge is 2.41. The molecule has 0 amide bonds. The van der Waals surface area contributed by atoms with E-state index < -0.39 is 0 Å². The van der Waals surface area contributed by atoms with Crippen molar-refractivity contribution in [3.05, 3.63) is 71.0 Å². The summed E-state index contributed by atoms with van der Waals surface area (Å²) in [5.74, 6) is 1.31. The van der Waals surface area contributed by atoms with Gasteiger partial charge < -0.3 is 11.1 Å². The van der Waals surface area contributed by atoms with Crippen molar-refractivity contribution in [3.63, 3.8) is 0 Å². The molecule has 3 aliphatic carbocycles. The lowest BCUT2D eigenvalue weighted by Gasteiger charge is -2.18. The third-order valence-corrected chi connectivity index (χ3v) is 4.73. The number of hydrogen-bond donors (Lipinski definition) is 2. The predicted molar refractivity (Wildman–Crippen MR) is 78.4 cm³/mol. The highest BCUT2D eigenvalue weighted by atomic mass is 14.7. The van der Waals surface area contributed by atoms with E-state index >= 15 is 0 Å². The van der Waals surface area contributed by atoms with Gasteiger partial charge in [0.25, 0.3) is 0 Å². The molecule has 3 aliphatic rings. The molecular weight excluding hydrogens is 232 g/mol. The molecule has 0 radical (unpaired) electrons. The van der Waals surface area contributed by atoms with E-state index in [0.717, 1.165) is 0 Å². The van der Waals surface area contributed by atoms with E-state index in [4.69, 9.17) is 0 Å². The van der Waals surface area contributed by atoms with E-state index in [-0.39, 0.29) is 6.15 Å². The van der Waals surface area contributed by atoms with Crippen LogP contribution in [0, 0.1) is 5.92 Å². The van der Waals surface area contributed by atoms with Crippen molar-refractivity contribution >= 4 is 10.9 Å². The third kappa shape index (κ3) is 1.19. The van der Waals surface area contributed by atoms with Crippen molar-refractivity contribution in [1.29, 1.82) is 0 Å². The van der Waals surface area contributed by atoms with Crippen LogP contribution in [0.2, 0.25) is 0 Å². The van der Waals surface area contributed by atoms with Crippen molar-refractivity contribution in [2.45, 2.75) is 12.3 Å². The summed E-state index contributed by atoms with van der Waals surface area (Å²) in [5, 5.41) is 1.39. The molecule has 2 atom stereocenters. The fourth-order valence-corrected chi connectivity index (χ4v) is 3.91. The zero-order valence-electron chi connectivity index (χ0n) is 10.7. The summed E-state index contributed by atoms with van der Waals surface area (Å²) in [7, 11) is 0. The Bertz CT molecular complexity index is 773. The normalized spacial score (nSPS) is 26.2. The molecule has 94 valence electrons. The highest BCUT2D eigenvalue weighted by molar-refractivity contribution is 5.85. The van der Waals surface area contributed by atoms with Crippen LogP contribution in [0.4, 0.5) is 0 Å². The van der Waals surface area contributed by atoms with Crippen molar-refractivity contribution in [3.8, 4) is 0 Å². The van der Waals surface area contributed by atoms with E-state index in [1.54, 1.807) is 11.1 Å². The molecular formula is C17H16N2. The number of rotatable bonds is 1. The number of H-pyrrole nitrogens is 1. The van der Waals surface area contributed by atoms with Gasteiger partial charge in [0.1, 0.15) is 0 Å². The fourth-order valence-electron chi connectivity index (χ4n) is 3.91. The van der Waals surface area contributed by atoms with Gasteiger partial charge in [0, 0.05) is 28.9 Å². The molecule has 2 aromatic rings. The van der Waals surface area contributed by atoms with Crippen LogP contribution in [0.1, 0.15) is 17.9 Å². The van der Waals surface area contributed by atoms with Crippen LogP contribution in [0.25, 0.3) is 10.9 Å². The zero-order chi connectivity index (χ0) is 11.7. The molecule has 0 saturated carbocycles. The first-order chi connectivity index (χ1) is 8.92. The molecule has 19 heavy (non-hydrogen) atoms. The first kappa shape index (κ1) is 10.8. The first-order valence-electron chi connectivity index (χ1n) is 6.61. The summed E-state index contributed by atoms with van der Waals surface area (Å²) in [6, 6.07) is 8.63. The number of para-hydroxylation sites is 1. The predicted octanol–water partition coefficient (Wildman–Crippen LogP) is 4.24. The molecule has 2 heteroatoms. The van der Waals surface area contributed by atoms with Gasteiger partial charge in [-0.3, -0.25) is 0 Å². The molecule has 2 nitrogen and oxygen atoms in total. The summed E-state index contributed by atoms with van der Waals surface area (Å²) < 4.78 is 0. The largest absolute Gasteiger partial charge is 0.361 e. The van der Waals surface area contributed by atoms with Crippen LogP contribution in [0.3, 0.4) is 0 Å². The van der Waals surface area contributed by atoms with Gasteiger partial charge in [0.05, 0.1) is 0 Å². The van der Waals surface area contributed by atoms with E-state index in [9.17, 15) is 0 Å². The Kier molecular flexibility index (Phi) is 1.99. The Balaban J connectivity index is 0.000000968. The molecule has 1 heterocycles. The SMILES string of the molecule is C1=CC2=C3C=C1C2CC3c1c[nH]c2ccccc12.N. The van der Waals surface area contributed by atoms with E-state index in [2.05, 4.69) is 53.7 Å². The van der Waals surface area contributed by atoms with Crippen molar-refractivity contribution in [1.82, 2.24) is 11.1 Å². The molecule has 0 spiro atoms. The Labute approximate surface area is 112 Å². The van der Waals surface area contributed by atoms with E-state index in [1.165, 1.54) is 28.5 Å². The molecule has 2 unspecified atom stereocenters. The number of allylic oxidation sites excluding steroid dienone is 6. The smallest absolute Gasteiger partial charge is 0.0457 e. The van der Waals surface area contributed by atoms with Gasteiger partial charge in [-0.2, -0.15) is 0 Å². The van der Waals surface area contributed by atoms with Crippen molar-refractivity contribution < 1.29 is 0 Å². The number of nitrogens with one attached hydrogen (secondary N) is 1. The number of aromatic amines is 1. The zero-order valence-corrected chi connectivity index (χ0v) is 10.7. The van der Waals surface area contributed by atoms with Gasteiger partial charge in [-0.15, -0.1) is 0 Å². The minimum atomic E-state index is 0. The standard InChI is InChI=1S/C17H13N.H3N/c1-2-4-17-12(3-1)16(9-18-17)15-8-13-10-5-6-11(13)14(15)7-10;/h1-7,9,13,15,18H,8H2;1H3. The molecule has 4 bridgehead atoms. The quantitative estimate of drug-likeness (QED) is 0.779. The lowest BCUT2D eigenvalue weighted by Crippen LogP contribution is -2.04. The monoisotopic (exact) mass is 248 g/mol. The topological polar surface area (TPSA) is 50.8 Å². The van der Waals surface area contributed by atoms with Gasteiger partial charge in [-0.1, -0.05) is 36.4 Å². The molecule has 1 aromatic carbocycles. The number of fused-ring (bicyclic) bond motifs is 1. The summed E-state index contributed by atoms with van der Waals surface area (Å²) in [6.07, 6.45) is 10.5. The Hall–Kier alpha value is -2.06. The summed E-state index contributed by atoms with van der Waals surface area (Å²) >= 11 is 0. The van der Waals surface area contributed by atoms with Gasteiger partial charge in [-0.25, -0.2) is 0 Å². The van der Waals surface area contributed by atoms with Crippen LogP contribution >= 0.6 is 0 Å². The summed E-state index contributed by atoms with van der Waals surface area (Å²) in [5.41, 5.74) is 7.43. The summed E-state index contributed by atoms with van der Waals surface area (Å²) in [4.78, 5) is 3.41. The van der Waals surface area contributed by atoms with Gasteiger partial charge in [-0.05, 0) is 34.8 Å². The van der Waals surface area contributed by atoms with Crippen LogP contribution < -0.4 is 6.15 Å². The van der Waals surface area contributed by atoms with Gasteiger partial charge in [0.2, 0.25) is 0 Å². The second kappa shape index (κ2) is 3.49. The molecule has 0 saturated heterocycles. The minimum absolute atomic E-state index is 0. The minimum Gasteiger partial charge on any atom is -0.361 e. The highest BCUT2D eigenvalue weighted by Crippen LogP contribution is 2.56. The lowest BCUT2D eigenvalue weighted by atomic mass is 9.84. The fraction of sp³-hybridized carbons (Fsp3) is 0.176.